The number of aryl methyl sites for hydroxylation is 2. The van der Waals surface area contributed by atoms with Crippen LogP contribution in [0.5, 0.6) is 11.5 Å². The SMILES string of the molecule is c1ccc(CCn2c(C3COc4ccccc4O3)nc3ncc(-c4ccncc4)cc32)cc1. The summed E-state index contributed by atoms with van der Waals surface area (Å²) < 4.78 is 14.5. The number of pyridine rings is 2. The Hall–Kier alpha value is -4.19. The van der Waals surface area contributed by atoms with Crippen LogP contribution in [0.2, 0.25) is 0 Å². The lowest BCUT2D eigenvalue weighted by Crippen LogP contribution is -2.25. The van der Waals surface area contributed by atoms with Gasteiger partial charge in [0.25, 0.3) is 0 Å². The zero-order valence-corrected chi connectivity index (χ0v) is 18.0. The molecule has 0 saturated carbocycles. The Morgan fingerprint density at radius 2 is 1.67 bits per heavy atom. The standard InChI is InChI=1S/C27H22N4O2/c1-2-6-19(7-3-1)12-15-31-22-16-21(20-10-13-28-14-11-20)17-29-26(22)30-27(31)25-18-32-23-8-4-5-9-24(23)33-25/h1-11,13-14,16-17,25H,12,15,18H2. The van der Waals surface area contributed by atoms with Crippen molar-refractivity contribution in [3.8, 4) is 22.6 Å². The fourth-order valence-electron chi connectivity index (χ4n) is 4.24. The topological polar surface area (TPSA) is 62.1 Å². The fraction of sp³-hybridized carbons (Fsp3) is 0.148. The number of rotatable bonds is 5. The highest BCUT2D eigenvalue weighted by atomic mass is 16.6. The molecule has 0 radical (unpaired) electrons. The second-order valence-electron chi connectivity index (χ2n) is 8.02. The largest absolute Gasteiger partial charge is 0.485 e. The van der Waals surface area contributed by atoms with E-state index in [-0.39, 0.29) is 6.10 Å². The minimum Gasteiger partial charge on any atom is -0.485 e. The first kappa shape index (κ1) is 19.5. The minimum absolute atomic E-state index is 0.311. The highest BCUT2D eigenvalue weighted by Crippen LogP contribution is 2.36. The first-order valence-electron chi connectivity index (χ1n) is 11.0. The Morgan fingerprint density at radius 3 is 2.52 bits per heavy atom. The van der Waals surface area contributed by atoms with Crippen molar-refractivity contribution in [1.29, 1.82) is 0 Å². The first-order valence-corrected chi connectivity index (χ1v) is 11.0. The van der Waals surface area contributed by atoms with Crippen molar-refractivity contribution in [2.24, 2.45) is 0 Å². The molecule has 1 aliphatic heterocycles. The highest BCUT2D eigenvalue weighted by Gasteiger charge is 2.28. The highest BCUT2D eigenvalue weighted by molar-refractivity contribution is 5.79. The van der Waals surface area contributed by atoms with E-state index in [9.17, 15) is 0 Å². The summed E-state index contributed by atoms with van der Waals surface area (Å²) >= 11 is 0. The van der Waals surface area contributed by atoms with Gasteiger partial charge in [-0.2, -0.15) is 0 Å². The van der Waals surface area contributed by atoms with Gasteiger partial charge in [0.2, 0.25) is 0 Å². The van der Waals surface area contributed by atoms with E-state index in [1.54, 1.807) is 12.4 Å². The molecule has 0 bridgehead atoms. The van der Waals surface area contributed by atoms with Gasteiger partial charge in [-0.15, -0.1) is 0 Å². The third kappa shape index (κ3) is 3.80. The van der Waals surface area contributed by atoms with Gasteiger partial charge in [0, 0.05) is 30.7 Å². The van der Waals surface area contributed by atoms with Gasteiger partial charge < -0.3 is 14.0 Å². The van der Waals surface area contributed by atoms with E-state index >= 15 is 0 Å². The lowest BCUT2D eigenvalue weighted by Gasteiger charge is -2.26. The molecule has 33 heavy (non-hydrogen) atoms. The van der Waals surface area contributed by atoms with Crippen LogP contribution in [0.4, 0.5) is 0 Å². The van der Waals surface area contributed by atoms with E-state index in [2.05, 4.69) is 44.9 Å². The molecule has 0 amide bonds. The normalized spacial score (nSPS) is 15.0. The second-order valence-corrected chi connectivity index (χ2v) is 8.02. The van der Waals surface area contributed by atoms with Crippen molar-refractivity contribution in [3.05, 3.63) is 103 Å². The predicted molar refractivity (Wildman–Crippen MR) is 126 cm³/mol. The third-order valence-electron chi connectivity index (χ3n) is 5.91. The van der Waals surface area contributed by atoms with Gasteiger partial charge >= 0.3 is 0 Å². The summed E-state index contributed by atoms with van der Waals surface area (Å²) in [4.78, 5) is 13.7. The van der Waals surface area contributed by atoms with Gasteiger partial charge in [-0.25, -0.2) is 9.97 Å². The molecule has 0 fully saturated rings. The minimum atomic E-state index is -0.311. The van der Waals surface area contributed by atoms with Crippen LogP contribution < -0.4 is 9.47 Å². The van der Waals surface area contributed by atoms with Crippen LogP contribution in [-0.4, -0.2) is 26.1 Å². The fourth-order valence-corrected chi connectivity index (χ4v) is 4.24. The average molecular weight is 434 g/mol. The Bertz CT molecular complexity index is 1400. The maximum atomic E-state index is 6.31. The Balaban J connectivity index is 1.42. The number of imidazole rings is 1. The van der Waals surface area contributed by atoms with E-state index in [0.29, 0.717) is 12.3 Å². The van der Waals surface area contributed by atoms with Crippen LogP contribution >= 0.6 is 0 Å². The smallest absolute Gasteiger partial charge is 0.190 e. The van der Waals surface area contributed by atoms with E-state index < -0.39 is 0 Å². The van der Waals surface area contributed by atoms with Gasteiger partial charge in [-0.3, -0.25) is 4.98 Å². The Kier molecular flexibility index (Phi) is 4.96. The predicted octanol–water partition coefficient (Wildman–Crippen LogP) is 5.25. The number of hydrogen-bond acceptors (Lipinski definition) is 5. The zero-order chi connectivity index (χ0) is 22.0. The molecule has 5 aromatic rings. The summed E-state index contributed by atoms with van der Waals surface area (Å²) in [6.07, 6.45) is 6.02. The number of hydrogen-bond donors (Lipinski definition) is 0. The summed E-state index contributed by atoms with van der Waals surface area (Å²) in [6, 6.07) is 24.4. The summed E-state index contributed by atoms with van der Waals surface area (Å²) in [6.45, 7) is 1.17. The van der Waals surface area contributed by atoms with E-state index in [1.165, 1.54) is 5.56 Å². The Labute approximate surface area is 191 Å². The van der Waals surface area contributed by atoms with Crippen molar-refractivity contribution in [3.63, 3.8) is 0 Å². The molecule has 0 spiro atoms. The lowest BCUT2D eigenvalue weighted by atomic mass is 10.1. The van der Waals surface area contributed by atoms with Crippen molar-refractivity contribution >= 4 is 11.2 Å². The van der Waals surface area contributed by atoms with Crippen LogP contribution in [0, 0.1) is 0 Å². The lowest BCUT2D eigenvalue weighted by molar-refractivity contribution is 0.0827. The molecule has 0 N–H and O–H groups in total. The molecule has 6 heteroatoms. The number of benzene rings is 2. The van der Waals surface area contributed by atoms with Crippen molar-refractivity contribution in [2.75, 3.05) is 6.61 Å². The molecule has 1 aliphatic rings. The molecule has 6 rings (SSSR count). The first-order chi connectivity index (χ1) is 16.3. The summed E-state index contributed by atoms with van der Waals surface area (Å²) in [5.41, 5.74) is 5.07. The van der Waals surface area contributed by atoms with Gasteiger partial charge in [-0.05, 0) is 47.9 Å². The molecule has 0 aliphatic carbocycles. The van der Waals surface area contributed by atoms with Crippen molar-refractivity contribution < 1.29 is 9.47 Å². The average Bonchev–Trinajstić information content (AvgIpc) is 3.26. The van der Waals surface area contributed by atoms with Crippen LogP contribution in [-0.2, 0) is 13.0 Å². The molecule has 1 atom stereocenters. The van der Waals surface area contributed by atoms with Crippen LogP contribution in [0.15, 0.2) is 91.4 Å². The quantitative estimate of drug-likeness (QED) is 0.378. The number of para-hydroxylation sites is 2. The summed E-state index contributed by atoms with van der Waals surface area (Å²) in [5, 5.41) is 0. The Morgan fingerprint density at radius 1 is 0.879 bits per heavy atom. The molecule has 162 valence electrons. The molecular weight excluding hydrogens is 412 g/mol. The van der Waals surface area contributed by atoms with Crippen LogP contribution in [0.1, 0.15) is 17.5 Å². The second kappa shape index (κ2) is 8.39. The molecule has 2 aromatic carbocycles. The van der Waals surface area contributed by atoms with E-state index in [1.807, 2.05) is 48.7 Å². The number of nitrogens with zero attached hydrogens (tertiary/aromatic N) is 4. The zero-order valence-electron chi connectivity index (χ0n) is 18.0. The number of fused-ring (bicyclic) bond motifs is 2. The maximum absolute atomic E-state index is 6.31. The molecular formula is C27H22N4O2. The van der Waals surface area contributed by atoms with Crippen LogP contribution in [0.3, 0.4) is 0 Å². The molecule has 6 nitrogen and oxygen atoms in total. The monoisotopic (exact) mass is 434 g/mol. The summed E-state index contributed by atoms with van der Waals surface area (Å²) in [7, 11) is 0. The maximum Gasteiger partial charge on any atom is 0.190 e. The summed E-state index contributed by atoms with van der Waals surface area (Å²) in [5.74, 6) is 2.33. The molecule has 4 heterocycles. The van der Waals surface area contributed by atoms with E-state index in [0.717, 1.165) is 46.9 Å². The van der Waals surface area contributed by atoms with Gasteiger partial charge in [0.15, 0.2) is 29.1 Å². The van der Waals surface area contributed by atoms with Crippen LogP contribution in [0.25, 0.3) is 22.3 Å². The van der Waals surface area contributed by atoms with E-state index in [4.69, 9.17) is 14.5 Å². The van der Waals surface area contributed by atoms with Gasteiger partial charge in [0.05, 0.1) is 5.52 Å². The number of aromatic nitrogens is 4. The number of ether oxygens (including phenoxy) is 2. The van der Waals surface area contributed by atoms with Gasteiger partial charge in [0.1, 0.15) is 6.61 Å². The third-order valence-corrected chi connectivity index (χ3v) is 5.91. The molecule has 3 aromatic heterocycles. The molecule has 0 saturated heterocycles. The van der Waals surface area contributed by atoms with Crippen molar-refractivity contribution in [1.82, 2.24) is 19.5 Å². The van der Waals surface area contributed by atoms with Gasteiger partial charge in [-0.1, -0.05) is 42.5 Å². The molecule has 1 unspecified atom stereocenters. The van der Waals surface area contributed by atoms with Crippen molar-refractivity contribution in [2.45, 2.75) is 19.1 Å².